The lowest BCUT2D eigenvalue weighted by molar-refractivity contribution is -0.113. The van der Waals surface area contributed by atoms with Crippen LogP contribution in [0, 0.1) is 20.8 Å². The second kappa shape index (κ2) is 10.0. The summed E-state index contributed by atoms with van der Waals surface area (Å²) in [7, 11) is 0. The number of benzene rings is 3. The van der Waals surface area contributed by atoms with Crippen LogP contribution >= 0.6 is 11.8 Å². The molecule has 0 radical (unpaired) electrons. The highest BCUT2D eigenvalue weighted by atomic mass is 32.2. The number of thioether (sulfide) groups is 1. The first-order valence-corrected chi connectivity index (χ1v) is 12.9. The second-order valence-corrected chi connectivity index (χ2v) is 10.1. The van der Waals surface area contributed by atoms with E-state index in [1.54, 1.807) is 11.8 Å². The Morgan fingerprint density at radius 2 is 1.69 bits per heavy atom. The third kappa shape index (κ3) is 4.93. The highest BCUT2D eigenvalue weighted by molar-refractivity contribution is 7.98. The molecule has 6 nitrogen and oxygen atoms in total. The number of fused-ring (bicyclic) bond motifs is 1. The van der Waals surface area contributed by atoms with E-state index in [0.29, 0.717) is 16.7 Å². The number of hydrogen-bond acceptors (Lipinski definition) is 5. The van der Waals surface area contributed by atoms with Crippen molar-refractivity contribution in [2.45, 2.75) is 44.6 Å². The number of aryl methyl sites for hydroxylation is 3. The molecule has 2 N–H and O–H groups in total. The normalized spacial score (nSPS) is 14.8. The van der Waals surface area contributed by atoms with Crippen molar-refractivity contribution in [3.63, 3.8) is 0 Å². The van der Waals surface area contributed by atoms with Gasteiger partial charge in [-0.1, -0.05) is 89.6 Å². The van der Waals surface area contributed by atoms with Gasteiger partial charge in [0.1, 0.15) is 6.04 Å². The van der Waals surface area contributed by atoms with Crippen molar-refractivity contribution in [3.05, 3.63) is 112 Å². The Morgan fingerprint density at radius 3 is 2.42 bits per heavy atom. The number of aromatic nitrogens is 3. The lowest BCUT2D eigenvalue weighted by atomic mass is 9.94. The van der Waals surface area contributed by atoms with Crippen LogP contribution in [-0.2, 0) is 10.5 Å². The fourth-order valence-corrected chi connectivity index (χ4v) is 5.19. The minimum absolute atomic E-state index is 0.155. The van der Waals surface area contributed by atoms with Gasteiger partial charge in [-0.15, -0.1) is 5.10 Å². The minimum atomic E-state index is -0.397. The molecule has 1 aliphatic heterocycles. The first-order valence-electron chi connectivity index (χ1n) is 12.0. The number of allylic oxidation sites excluding steroid dienone is 1. The summed E-state index contributed by atoms with van der Waals surface area (Å²) in [6, 6.07) is 24.1. The van der Waals surface area contributed by atoms with Crippen LogP contribution < -0.4 is 10.6 Å². The van der Waals surface area contributed by atoms with Crippen LogP contribution in [0.5, 0.6) is 0 Å². The van der Waals surface area contributed by atoms with Crippen LogP contribution in [0.2, 0.25) is 0 Å². The van der Waals surface area contributed by atoms with Crippen LogP contribution in [0.3, 0.4) is 0 Å². The number of carbonyl (C=O) groups is 1. The average molecular weight is 496 g/mol. The topological polar surface area (TPSA) is 71.8 Å². The molecule has 0 fully saturated rings. The molecule has 2 heterocycles. The van der Waals surface area contributed by atoms with Gasteiger partial charge in [0.2, 0.25) is 11.1 Å². The zero-order valence-electron chi connectivity index (χ0n) is 20.9. The monoisotopic (exact) mass is 495 g/mol. The highest BCUT2D eigenvalue weighted by Gasteiger charge is 2.34. The molecule has 3 aromatic carbocycles. The van der Waals surface area contributed by atoms with Crippen molar-refractivity contribution in [2.75, 3.05) is 10.6 Å². The fraction of sp³-hybridized carbons (Fsp3) is 0.207. The van der Waals surface area contributed by atoms with Crippen molar-refractivity contribution in [3.8, 4) is 0 Å². The molecule has 0 bridgehead atoms. The van der Waals surface area contributed by atoms with Crippen LogP contribution in [0.4, 0.5) is 11.6 Å². The summed E-state index contributed by atoms with van der Waals surface area (Å²) in [5.41, 5.74) is 7.73. The summed E-state index contributed by atoms with van der Waals surface area (Å²) in [5, 5.41) is 12.0. The van der Waals surface area contributed by atoms with Gasteiger partial charge in [0, 0.05) is 17.1 Å². The van der Waals surface area contributed by atoms with E-state index in [0.717, 1.165) is 39.4 Å². The van der Waals surface area contributed by atoms with E-state index >= 15 is 0 Å². The molecule has 1 aromatic heterocycles. The Hall–Kier alpha value is -3.84. The maximum Gasteiger partial charge on any atom is 0.255 e. The van der Waals surface area contributed by atoms with E-state index in [2.05, 4.69) is 60.0 Å². The van der Waals surface area contributed by atoms with Gasteiger partial charge >= 0.3 is 0 Å². The predicted molar refractivity (Wildman–Crippen MR) is 146 cm³/mol. The standard InChI is InChI=1S/C29H29N5OS/c1-18-10-13-23(14-11-18)26-25(27(35)31-24-15-12-19(2)16-20(24)3)21(4)30-28-32-29(33-34(26)28)36-17-22-8-6-5-7-9-22/h5-16,26H,17H2,1-4H3,(H,31,35)(H,30,32,33)/t26-/m1/s1. The molecule has 0 aliphatic carbocycles. The molecule has 0 saturated carbocycles. The van der Waals surface area contributed by atoms with Gasteiger partial charge in [-0.2, -0.15) is 4.98 Å². The first-order chi connectivity index (χ1) is 17.4. The maximum atomic E-state index is 13.7. The van der Waals surface area contributed by atoms with E-state index in [1.165, 1.54) is 5.56 Å². The van der Waals surface area contributed by atoms with E-state index in [4.69, 9.17) is 10.1 Å². The van der Waals surface area contributed by atoms with Crippen molar-refractivity contribution in [2.24, 2.45) is 0 Å². The van der Waals surface area contributed by atoms with Gasteiger partial charge in [-0.25, -0.2) is 4.68 Å². The Kier molecular flexibility index (Phi) is 6.65. The van der Waals surface area contributed by atoms with Gasteiger partial charge in [0.05, 0.1) is 5.57 Å². The Labute approximate surface area is 215 Å². The Balaban J connectivity index is 1.50. The van der Waals surface area contributed by atoms with Gasteiger partial charge in [0.15, 0.2) is 0 Å². The lowest BCUT2D eigenvalue weighted by Crippen LogP contribution is -2.31. The maximum absolute atomic E-state index is 13.7. The van der Waals surface area contributed by atoms with Crippen molar-refractivity contribution in [1.29, 1.82) is 0 Å². The largest absolute Gasteiger partial charge is 0.328 e. The highest BCUT2D eigenvalue weighted by Crippen LogP contribution is 2.37. The first kappa shape index (κ1) is 23.9. The number of anilines is 2. The zero-order valence-corrected chi connectivity index (χ0v) is 21.7. The number of nitrogens with zero attached hydrogens (tertiary/aromatic N) is 3. The molecule has 1 amide bonds. The molecule has 1 atom stereocenters. The van der Waals surface area contributed by atoms with E-state index in [9.17, 15) is 4.79 Å². The lowest BCUT2D eigenvalue weighted by Gasteiger charge is -2.29. The molecule has 1 aliphatic rings. The third-order valence-corrected chi connectivity index (χ3v) is 7.22. The molecule has 5 rings (SSSR count). The molecule has 0 unspecified atom stereocenters. The summed E-state index contributed by atoms with van der Waals surface area (Å²) in [4.78, 5) is 18.5. The van der Waals surface area contributed by atoms with E-state index in [1.807, 2.05) is 55.8 Å². The molecule has 7 heteroatoms. The van der Waals surface area contributed by atoms with Crippen molar-refractivity contribution < 1.29 is 4.79 Å². The average Bonchev–Trinajstić information content (AvgIpc) is 3.27. The molecule has 0 saturated heterocycles. The Bertz CT molecular complexity index is 1440. The van der Waals surface area contributed by atoms with Crippen molar-refractivity contribution in [1.82, 2.24) is 14.8 Å². The molecular weight excluding hydrogens is 466 g/mol. The molecule has 4 aromatic rings. The Morgan fingerprint density at radius 1 is 0.972 bits per heavy atom. The van der Waals surface area contributed by atoms with E-state index in [-0.39, 0.29) is 5.91 Å². The number of rotatable bonds is 6. The quantitative estimate of drug-likeness (QED) is 0.302. The van der Waals surface area contributed by atoms with Crippen LogP contribution in [0.1, 0.15) is 40.8 Å². The van der Waals surface area contributed by atoms with Gasteiger partial charge in [0.25, 0.3) is 5.91 Å². The smallest absolute Gasteiger partial charge is 0.255 e. The van der Waals surface area contributed by atoms with Crippen LogP contribution in [0.15, 0.2) is 89.2 Å². The molecular formula is C29H29N5OS. The summed E-state index contributed by atoms with van der Waals surface area (Å²) in [6.07, 6.45) is 0. The summed E-state index contributed by atoms with van der Waals surface area (Å²) < 4.78 is 1.84. The fourth-order valence-electron chi connectivity index (χ4n) is 4.41. The molecule has 182 valence electrons. The van der Waals surface area contributed by atoms with Crippen LogP contribution in [-0.4, -0.2) is 20.7 Å². The molecule has 36 heavy (non-hydrogen) atoms. The minimum Gasteiger partial charge on any atom is -0.328 e. The number of nitrogens with one attached hydrogen (secondary N) is 2. The summed E-state index contributed by atoms with van der Waals surface area (Å²) >= 11 is 1.58. The van der Waals surface area contributed by atoms with Crippen LogP contribution in [0.25, 0.3) is 0 Å². The van der Waals surface area contributed by atoms with Gasteiger partial charge < -0.3 is 10.6 Å². The summed E-state index contributed by atoms with van der Waals surface area (Å²) in [6.45, 7) is 8.03. The third-order valence-electron chi connectivity index (χ3n) is 6.31. The predicted octanol–water partition coefficient (Wildman–Crippen LogP) is 6.42. The van der Waals surface area contributed by atoms with Crippen molar-refractivity contribution >= 4 is 29.3 Å². The summed E-state index contributed by atoms with van der Waals surface area (Å²) in [5.74, 6) is 1.25. The number of amides is 1. The molecule has 0 spiro atoms. The van der Waals surface area contributed by atoms with Gasteiger partial charge in [-0.3, -0.25) is 4.79 Å². The van der Waals surface area contributed by atoms with Gasteiger partial charge in [-0.05, 0) is 50.5 Å². The number of hydrogen-bond donors (Lipinski definition) is 2. The van der Waals surface area contributed by atoms with E-state index < -0.39 is 6.04 Å². The number of carbonyl (C=O) groups excluding carboxylic acids is 1. The second-order valence-electron chi connectivity index (χ2n) is 9.19. The zero-order chi connectivity index (χ0) is 25.2. The SMILES string of the molecule is CC1=C(C(=O)Nc2ccc(C)cc2C)[C@@H](c2ccc(C)cc2)n2nc(SCc3ccccc3)nc2N1.